The minimum absolute atomic E-state index is 0.241. The van der Waals surface area contributed by atoms with Crippen molar-refractivity contribution in [3.05, 3.63) is 34.9 Å². The Kier molecular flexibility index (Phi) is 5.04. The molecule has 0 aromatic heterocycles. The Morgan fingerprint density at radius 2 is 2.24 bits per heavy atom. The van der Waals surface area contributed by atoms with E-state index < -0.39 is 0 Å². The molecule has 1 rings (SSSR count). The van der Waals surface area contributed by atoms with Crippen molar-refractivity contribution < 1.29 is 9.53 Å². The molecule has 1 aromatic rings. The van der Waals surface area contributed by atoms with Crippen LogP contribution in [0.5, 0.6) is 0 Å². The minimum Gasteiger partial charge on any atom is -0.469 e. The van der Waals surface area contributed by atoms with E-state index >= 15 is 0 Å². The number of allylic oxidation sites excluding steroid dienone is 1. The fourth-order valence-electron chi connectivity index (χ4n) is 1.51. The zero-order valence-electron chi connectivity index (χ0n) is 10.00. The van der Waals surface area contributed by atoms with Crippen molar-refractivity contribution in [2.24, 2.45) is 0 Å². The molecule has 0 unspecified atom stereocenters. The van der Waals surface area contributed by atoms with Crippen molar-refractivity contribution in [3.8, 4) is 0 Å². The predicted octanol–water partition coefficient (Wildman–Crippen LogP) is 3.28. The van der Waals surface area contributed by atoms with E-state index in [-0.39, 0.29) is 12.4 Å². The monoisotopic (exact) mass is 253 g/mol. The summed E-state index contributed by atoms with van der Waals surface area (Å²) in [6, 6.07) is 5.35. The third kappa shape index (κ3) is 3.79. The fourth-order valence-corrected chi connectivity index (χ4v) is 1.63. The van der Waals surface area contributed by atoms with Gasteiger partial charge in [-0.1, -0.05) is 30.7 Å². The molecule has 0 aliphatic rings. The van der Waals surface area contributed by atoms with Gasteiger partial charge in [0.25, 0.3) is 0 Å². The first-order chi connectivity index (χ1) is 8.08. The second-order valence-electron chi connectivity index (χ2n) is 3.63. The van der Waals surface area contributed by atoms with E-state index in [4.69, 9.17) is 17.3 Å². The van der Waals surface area contributed by atoms with Crippen LogP contribution in [0, 0.1) is 0 Å². The first-order valence-electron chi connectivity index (χ1n) is 5.39. The number of hydrogen-bond acceptors (Lipinski definition) is 3. The summed E-state index contributed by atoms with van der Waals surface area (Å²) in [4.78, 5) is 11.3. The summed E-state index contributed by atoms with van der Waals surface area (Å²) in [5, 5.41) is 0.516. The van der Waals surface area contributed by atoms with Gasteiger partial charge in [0.1, 0.15) is 0 Å². The molecule has 0 saturated carbocycles. The Morgan fingerprint density at radius 3 is 2.76 bits per heavy atom. The summed E-state index contributed by atoms with van der Waals surface area (Å²) >= 11 is 5.86. The van der Waals surface area contributed by atoms with E-state index in [9.17, 15) is 4.79 Å². The van der Waals surface area contributed by atoms with Crippen LogP contribution in [-0.2, 0) is 9.53 Å². The fraction of sp³-hybridized carbons (Fsp3) is 0.308. The van der Waals surface area contributed by atoms with Gasteiger partial charge in [0.2, 0.25) is 0 Å². The molecular weight excluding hydrogens is 238 g/mol. The van der Waals surface area contributed by atoms with Gasteiger partial charge >= 0.3 is 5.97 Å². The lowest BCUT2D eigenvalue weighted by molar-refractivity contribution is -0.139. The molecule has 17 heavy (non-hydrogen) atoms. The molecule has 0 aliphatic carbocycles. The average molecular weight is 254 g/mol. The molecule has 0 atom stereocenters. The highest BCUT2D eigenvalue weighted by atomic mass is 35.5. The molecule has 0 heterocycles. The summed E-state index contributed by atoms with van der Waals surface area (Å²) in [6.45, 7) is 2.01. The van der Waals surface area contributed by atoms with Crippen LogP contribution < -0.4 is 5.73 Å². The highest BCUT2D eigenvalue weighted by Gasteiger charge is 2.09. The SMILES string of the molecule is CCC=C(CC(=O)OC)c1ccc(Cl)c(N)c1. The van der Waals surface area contributed by atoms with Crippen LogP contribution in [-0.4, -0.2) is 13.1 Å². The van der Waals surface area contributed by atoms with E-state index in [0.29, 0.717) is 10.7 Å². The minimum atomic E-state index is -0.266. The van der Waals surface area contributed by atoms with Gasteiger partial charge in [-0.3, -0.25) is 4.79 Å². The van der Waals surface area contributed by atoms with Crippen LogP contribution in [0.2, 0.25) is 5.02 Å². The molecule has 0 fully saturated rings. The summed E-state index contributed by atoms with van der Waals surface area (Å²) in [5.74, 6) is -0.266. The van der Waals surface area contributed by atoms with Gasteiger partial charge < -0.3 is 10.5 Å². The Balaban J connectivity index is 3.02. The molecule has 1 aromatic carbocycles. The predicted molar refractivity (Wildman–Crippen MR) is 70.8 cm³/mol. The molecule has 4 heteroatoms. The number of nitrogens with two attached hydrogens (primary N) is 1. The van der Waals surface area contributed by atoms with Gasteiger partial charge in [-0.05, 0) is 29.7 Å². The van der Waals surface area contributed by atoms with Crippen LogP contribution >= 0.6 is 11.6 Å². The van der Waals surface area contributed by atoms with Crippen molar-refractivity contribution >= 4 is 28.8 Å². The van der Waals surface area contributed by atoms with Crippen LogP contribution in [0.3, 0.4) is 0 Å². The maximum atomic E-state index is 11.3. The largest absolute Gasteiger partial charge is 0.469 e. The Morgan fingerprint density at radius 1 is 1.53 bits per heavy atom. The van der Waals surface area contributed by atoms with Gasteiger partial charge in [0.15, 0.2) is 0 Å². The molecule has 0 radical (unpaired) electrons. The van der Waals surface area contributed by atoms with E-state index in [1.807, 2.05) is 19.1 Å². The number of ether oxygens (including phenoxy) is 1. The average Bonchev–Trinajstić information content (AvgIpc) is 2.32. The number of anilines is 1. The molecule has 3 nitrogen and oxygen atoms in total. The molecule has 2 N–H and O–H groups in total. The maximum Gasteiger partial charge on any atom is 0.309 e. The third-order valence-corrected chi connectivity index (χ3v) is 2.72. The molecule has 92 valence electrons. The van der Waals surface area contributed by atoms with Gasteiger partial charge in [0.05, 0.1) is 24.2 Å². The van der Waals surface area contributed by atoms with Crippen molar-refractivity contribution in [2.75, 3.05) is 12.8 Å². The summed E-state index contributed by atoms with van der Waals surface area (Å²) in [6.07, 6.45) is 3.07. The summed E-state index contributed by atoms with van der Waals surface area (Å²) in [7, 11) is 1.38. The zero-order chi connectivity index (χ0) is 12.8. The highest BCUT2D eigenvalue weighted by Crippen LogP contribution is 2.26. The van der Waals surface area contributed by atoms with Crippen molar-refractivity contribution in [1.29, 1.82) is 0 Å². The molecule has 0 aliphatic heterocycles. The number of esters is 1. The highest BCUT2D eigenvalue weighted by molar-refractivity contribution is 6.33. The van der Waals surface area contributed by atoms with E-state index in [1.165, 1.54) is 7.11 Å². The maximum absolute atomic E-state index is 11.3. The van der Waals surface area contributed by atoms with Gasteiger partial charge in [-0.15, -0.1) is 0 Å². The van der Waals surface area contributed by atoms with E-state index in [0.717, 1.165) is 17.6 Å². The van der Waals surface area contributed by atoms with Crippen LogP contribution in [0.25, 0.3) is 5.57 Å². The van der Waals surface area contributed by atoms with Crippen LogP contribution in [0.4, 0.5) is 5.69 Å². The Labute approximate surface area is 106 Å². The second-order valence-corrected chi connectivity index (χ2v) is 4.03. The van der Waals surface area contributed by atoms with Gasteiger partial charge in [-0.25, -0.2) is 0 Å². The summed E-state index contributed by atoms with van der Waals surface area (Å²) in [5.41, 5.74) is 8.06. The topological polar surface area (TPSA) is 52.3 Å². The van der Waals surface area contributed by atoms with Gasteiger partial charge in [0, 0.05) is 0 Å². The third-order valence-electron chi connectivity index (χ3n) is 2.38. The van der Waals surface area contributed by atoms with E-state index in [2.05, 4.69) is 4.74 Å². The number of halogens is 1. The standard InChI is InChI=1S/C13H16ClNO2/c1-3-4-9(8-13(16)17-2)10-5-6-11(14)12(15)7-10/h4-7H,3,8,15H2,1-2H3. The van der Waals surface area contributed by atoms with Crippen molar-refractivity contribution in [1.82, 2.24) is 0 Å². The van der Waals surface area contributed by atoms with Crippen LogP contribution in [0.15, 0.2) is 24.3 Å². The Bertz CT molecular complexity index is 441. The summed E-state index contributed by atoms with van der Waals surface area (Å²) < 4.78 is 4.67. The number of carbonyl (C=O) groups is 1. The lowest BCUT2D eigenvalue weighted by Crippen LogP contribution is -2.02. The second kappa shape index (κ2) is 6.30. The Hall–Kier alpha value is -1.48. The number of benzene rings is 1. The van der Waals surface area contributed by atoms with Crippen LogP contribution in [0.1, 0.15) is 25.3 Å². The molecule has 0 saturated heterocycles. The number of hydrogen-bond donors (Lipinski definition) is 1. The lowest BCUT2D eigenvalue weighted by Gasteiger charge is -2.08. The van der Waals surface area contributed by atoms with E-state index in [1.54, 1.807) is 12.1 Å². The number of nitrogen functional groups attached to an aromatic ring is 1. The molecular formula is C13H16ClNO2. The number of rotatable bonds is 4. The normalized spacial score (nSPS) is 11.4. The smallest absolute Gasteiger partial charge is 0.309 e. The quantitative estimate of drug-likeness (QED) is 0.662. The number of methoxy groups -OCH3 is 1. The van der Waals surface area contributed by atoms with Crippen molar-refractivity contribution in [2.45, 2.75) is 19.8 Å². The van der Waals surface area contributed by atoms with Crippen molar-refractivity contribution in [3.63, 3.8) is 0 Å². The number of carbonyl (C=O) groups excluding carboxylic acids is 1. The van der Waals surface area contributed by atoms with Gasteiger partial charge in [-0.2, -0.15) is 0 Å². The first kappa shape index (κ1) is 13.6. The molecule has 0 bridgehead atoms. The molecule has 0 spiro atoms. The zero-order valence-corrected chi connectivity index (χ0v) is 10.8. The first-order valence-corrected chi connectivity index (χ1v) is 5.77. The molecule has 0 amide bonds. The lowest BCUT2D eigenvalue weighted by atomic mass is 10.0.